The van der Waals surface area contributed by atoms with E-state index in [9.17, 15) is 0 Å². The Bertz CT molecular complexity index is 218. The second-order valence-electron chi connectivity index (χ2n) is 2.06. The average Bonchev–Trinajstić information content (AvgIpc) is 2.33. The van der Waals surface area contributed by atoms with Crippen LogP contribution in [0.25, 0.3) is 0 Å². The molecule has 0 bridgehead atoms. The molecule has 0 spiro atoms. The molecule has 1 N–H and O–H groups in total. The third-order valence-electron chi connectivity index (χ3n) is 1.43. The summed E-state index contributed by atoms with van der Waals surface area (Å²) < 4.78 is 12.6. The Balaban J connectivity index is 2.27. The first-order valence-electron chi connectivity index (χ1n) is 3.38. The van der Waals surface area contributed by atoms with Crippen LogP contribution < -0.4 is 0 Å². The second kappa shape index (κ2) is 1.84. The molecule has 0 amide bonds. The maximum Gasteiger partial charge on any atom is 0.0921 e. The molecule has 1 aliphatic rings. The van der Waals surface area contributed by atoms with Crippen LogP contribution in [-0.2, 0) is 4.74 Å². The number of nitrogens with zero attached hydrogens (tertiary/aromatic N) is 1. The molecule has 0 aromatic carbocycles. The van der Waals surface area contributed by atoms with Crippen molar-refractivity contribution in [2.24, 2.45) is 0 Å². The summed E-state index contributed by atoms with van der Waals surface area (Å²) >= 11 is 0. The molecule has 3 nitrogen and oxygen atoms in total. The zero-order valence-corrected chi connectivity index (χ0v) is 4.92. The van der Waals surface area contributed by atoms with E-state index < -0.39 is 5.89 Å². The van der Waals surface area contributed by atoms with Crippen molar-refractivity contribution in [3.8, 4) is 0 Å². The second-order valence-corrected chi connectivity index (χ2v) is 2.06. The van der Waals surface area contributed by atoms with E-state index >= 15 is 0 Å². The van der Waals surface area contributed by atoms with Crippen LogP contribution in [-0.4, -0.2) is 23.2 Å². The van der Waals surface area contributed by atoms with Crippen molar-refractivity contribution < 1.29 is 6.11 Å². The van der Waals surface area contributed by atoms with E-state index in [1.54, 1.807) is 12.5 Å². The molecule has 9 heavy (non-hydrogen) atoms. The Morgan fingerprint density at radius 2 is 2.78 bits per heavy atom. The van der Waals surface area contributed by atoms with E-state index in [2.05, 4.69) is 9.97 Å². The number of imidazole rings is 1. The van der Waals surface area contributed by atoms with Gasteiger partial charge in [0.1, 0.15) is 0 Å². The van der Waals surface area contributed by atoms with E-state index in [1.807, 2.05) is 0 Å². The predicted molar refractivity (Wildman–Crippen MR) is 32.1 cm³/mol. The molecule has 1 aromatic rings. The quantitative estimate of drug-likeness (QED) is 0.594. The average molecular weight is 125 g/mol. The van der Waals surface area contributed by atoms with Gasteiger partial charge in [0.25, 0.3) is 0 Å². The Labute approximate surface area is 54.5 Å². The summed E-state index contributed by atoms with van der Waals surface area (Å²) in [6, 6.07) is 0. The topological polar surface area (TPSA) is 37.9 Å². The summed E-state index contributed by atoms with van der Waals surface area (Å²) in [5.74, 6) is -0.545. The first-order chi connectivity index (χ1) is 4.81. The fourth-order valence-corrected chi connectivity index (χ4v) is 0.809. The van der Waals surface area contributed by atoms with Gasteiger partial charge in [-0.05, 0) is 0 Å². The van der Waals surface area contributed by atoms with Gasteiger partial charge in [-0.3, -0.25) is 0 Å². The number of H-pyrrole nitrogens is 1. The van der Waals surface area contributed by atoms with Crippen molar-refractivity contribution in [1.82, 2.24) is 9.97 Å². The van der Waals surface area contributed by atoms with Crippen molar-refractivity contribution in [1.29, 1.82) is 0 Å². The number of nitrogens with one attached hydrogen (secondary N) is 1. The summed E-state index contributed by atoms with van der Waals surface area (Å²) in [5, 5.41) is 0. The van der Waals surface area contributed by atoms with Gasteiger partial charge in [0.15, 0.2) is 0 Å². The minimum Gasteiger partial charge on any atom is -0.380 e. The minimum absolute atomic E-state index is 0.481. The van der Waals surface area contributed by atoms with Crippen LogP contribution in [0.1, 0.15) is 13.0 Å². The molecule has 1 fully saturated rings. The summed E-state index contributed by atoms with van der Waals surface area (Å²) in [4.78, 5) is 6.74. The Morgan fingerprint density at radius 3 is 3.22 bits per heavy atom. The van der Waals surface area contributed by atoms with Gasteiger partial charge in [-0.1, -0.05) is 0 Å². The fourth-order valence-electron chi connectivity index (χ4n) is 0.809. The molecule has 1 aromatic heterocycles. The van der Waals surface area contributed by atoms with Crippen LogP contribution in [0.4, 0.5) is 0 Å². The monoisotopic (exact) mass is 125 g/mol. The molecule has 0 atom stereocenters. The van der Waals surface area contributed by atoms with E-state index in [4.69, 9.17) is 6.11 Å². The predicted octanol–water partition coefficient (Wildman–Crippen LogP) is 0.523. The van der Waals surface area contributed by atoms with Crippen molar-refractivity contribution in [2.45, 2.75) is 5.89 Å². The molecule has 0 saturated carbocycles. The maximum absolute atomic E-state index is 7.72. The number of hydrogen-bond acceptors (Lipinski definition) is 2. The zero-order chi connectivity index (χ0) is 7.03. The van der Waals surface area contributed by atoms with Crippen LogP contribution in [0, 0.1) is 0 Å². The van der Waals surface area contributed by atoms with Gasteiger partial charge in [0.2, 0.25) is 0 Å². The van der Waals surface area contributed by atoms with Gasteiger partial charge in [-0.15, -0.1) is 0 Å². The van der Waals surface area contributed by atoms with Gasteiger partial charge in [-0.25, -0.2) is 4.98 Å². The third kappa shape index (κ3) is 0.733. The van der Waals surface area contributed by atoms with Crippen molar-refractivity contribution in [2.75, 3.05) is 13.2 Å². The number of aromatic nitrogens is 2. The number of aromatic amines is 1. The van der Waals surface area contributed by atoms with Crippen molar-refractivity contribution in [3.63, 3.8) is 0 Å². The smallest absolute Gasteiger partial charge is 0.0921 e. The molecule has 0 radical (unpaired) electrons. The zero-order valence-electron chi connectivity index (χ0n) is 5.92. The Morgan fingerprint density at radius 1 is 1.89 bits per heavy atom. The SMILES string of the molecule is [2H]C1(c2cnc[nH]2)COC1. The Kier molecular flexibility index (Phi) is 0.832. The highest BCUT2D eigenvalue weighted by molar-refractivity contribution is 5.05. The molecule has 0 aliphatic carbocycles. The minimum atomic E-state index is -0.545. The molecule has 2 heterocycles. The van der Waals surface area contributed by atoms with Crippen LogP contribution in [0.2, 0.25) is 0 Å². The standard InChI is InChI=1S/C6H8N2O/c1-6(8-4-7-1)5-2-9-3-5/h1,4-5H,2-3H2,(H,7,8)/i5D. The largest absolute Gasteiger partial charge is 0.380 e. The highest BCUT2D eigenvalue weighted by Gasteiger charge is 2.20. The molecule has 48 valence electrons. The first-order valence-corrected chi connectivity index (χ1v) is 2.88. The molecule has 0 unspecified atom stereocenters. The molecular formula is C6H8N2O. The van der Waals surface area contributed by atoms with Crippen LogP contribution in [0.15, 0.2) is 12.5 Å². The number of ether oxygens (including phenoxy) is 1. The van der Waals surface area contributed by atoms with Crippen molar-refractivity contribution >= 4 is 0 Å². The first kappa shape index (κ1) is 4.06. The summed E-state index contributed by atoms with van der Waals surface area (Å²) in [7, 11) is 0. The molecule has 3 heteroatoms. The highest BCUT2D eigenvalue weighted by atomic mass is 16.5. The number of hydrogen-bond donors (Lipinski definition) is 1. The molecule has 2 rings (SSSR count). The third-order valence-corrected chi connectivity index (χ3v) is 1.43. The lowest BCUT2D eigenvalue weighted by molar-refractivity contribution is 0.00687. The molecule has 1 saturated heterocycles. The van der Waals surface area contributed by atoms with E-state index in [0.29, 0.717) is 13.2 Å². The van der Waals surface area contributed by atoms with Crippen molar-refractivity contribution in [3.05, 3.63) is 18.2 Å². The Hall–Kier alpha value is -0.830. The van der Waals surface area contributed by atoms with Gasteiger partial charge in [0, 0.05) is 19.2 Å². The van der Waals surface area contributed by atoms with Gasteiger partial charge >= 0.3 is 0 Å². The molecule has 1 aliphatic heterocycles. The van der Waals surface area contributed by atoms with E-state index in [0.717, 1.165) is 5.69 Å². The highest BCUT2D eigenvalue weighted by Crippen LogP contribution is 2.20. The lowest BCUT2D eigenvalue weighted by Crippen LogP contribution is -2.25. The lowest BCUT2D eigenvalue weighted by Gasteiger charge is -2.24. The number of rotatable bonds is 1. The van der Waals surface area contributed by atoms with Crippen LogP contribution in [0.3, 0.4) is 0 Å². The van der Waals surface area contributed by atoms with Crippen LogP contribution in [0.5, 0.6) is 0 Å². The summed E-state index contributed by atoms with van der Waals surface area (Å²) in [6.45, 7) is 0.963. The summed E-state index contributed by atoms with van der Waals surface area (Å²) in [6.07, 6.45) is 3.26. The van der Waals surface area contributed by atoms with E-state index in [1.165, 1.54) is 0 Å². The fraction of sp³-hybridized carbons (Fsp3) is 0.500. The van der Waals surface area contributed by atoms with Gasteiger partial charge in [-0.2, -0.15) is 0 Å². The summed E-state index contributed by atoms with van der Waals surface area (Å²) in [5.41, 5.74) is 0.846. The normalized spacial score (nSPS) is 24.7. The maximum atomic E-state index is 7.72. The van der Waals surface area contributed by atoms with Gasteiger partial charge in [0.05, 0.1) is 19.5 Å². The van der Waals surface area contributed by atoms with Crippen LogP contribution >= 0.6 is 0 Å². The molecular weight excluding hydrogens is 116 g/mol. The van der Waals surface area contributed by atoms with E-state index in [-0.39, 0.29) is 0 Å². The lowest BCUT2D eigenvalue weighted by atomic mass is 10.1. The van der Waals surface area contributed by atoms with Gasteiger partial charge < -0.3 is 9.72 Å².